The fourth-order valence-electron chi connectivity index (χ4n) is 3.06. The lowest BCUT2D eigenvalue weighted by molar-refractivity contribution is -0.189. The monoisotopic (exact) mass is 279 g/mol. The predicted octanol–water partition coefficient (Wildman–Crippen LogP) is 1.33. The van der Waals surface area contributed by atoms with Gasteiger partial charge in [-0.15, -0.1) is 0 Å². The summed E-state index contributed by atoms with van der Waals surface area (Å²) in [4.78, 5) is 14.2. The molecule has 0 saturated carbocycles. The van der Waals surface area contributed by atoms with Gasteiger partial charge in [0.05, 0.1) is 13.2 Å². The summed E-state index contributed by atoms with van der Waals surface area (Å²) in [5.74, 6) is -0.0981. The first-order chi connectivity index (χ1) is 9.58. The van der Waals surface area contributed by atoms with Crippen LogP contribution in [-0.2, 0) is 9.47 Å². The van der Waals surface area contributed by atoms with Crippen molar-refractivity contribution in [1.29, 1.82) is 0 Å². The number of ether oxygens (including phenoxy) is 2. The highest BCUT2D eigenvalue weighted by atomic mass is 16.7. The van der Waals surface area contributed by atoms with E-state index in [0.717, 1.165) is 31.6 Å². The summed E-state index contributed by atoms with van der Waals surface area (Å²) >= 11 is 0. The highest BCUT2D eigenvalue weighted by Crippen LogP contribution is 2.35. The first kappa shape index (κ1) is 13.6. The minimum absolute atomic E-state index is 0.00575. The number of aryl methyl sites for hydroxylation is 1. The molecule has 2 saturated heterocycles. The van der Waals surface area contributed by atoms with Crippen LogP contribution in [0.1, 0.15) is 35.9 Å². The van der Waals surface area contributed by atoms with E-state index in [1.165, 1.54) is 0 Å². The second-order valence-electron chi connectivity index (χ2n) is 5.72. The number of piperidine rings is 1. The van der Waals surface area contributed by atoms with Gasteiger partial charge in [-0.25, -0.2) is 0 Å². The zero-order chi connectivity index (χ0) is 14.2. The molecular weight excluding hydrogens is 258 g/mol. The lowest BCUT2D eigenvalue weighted by atomic mass is 9.89. The molecule has 0 bridgehead atoms. The van der Waals surface area contributed by atoms with Crippen LogP contribution in [-0.4, -0.2) is 53.1 Å². The fourth-order valence-corrected chi connectivity index (χ4v) is 3.06. The SMILES string of the molecule is Cc1cc(C(=O)N2CCC(C3(C)OCCO3)CC2)n[nH]1. The van der Waals surface area contributed by atoms with E-state index in [1.54, 1.807) is 6.07 Å². The summed E-state index contributed by atoms with van der Waals surface area (Å²) in [5, 5.41) is 6.85. The molecule has 3 heterocycles. The zero-order valence-electron chi connectivity index (χ0n) is 12.0. The number of rotatable bonds is 2. The molecular formula is C14H21N3O3. The molecule has 1 amide bonds. The van der Waals surface area contributed by atoms with Crippen molar-refractivity contribution in [2.24, 2.45) is 5.92 Å². The molecule has 0 atom stereocenters. The Labute approximate surface area is 118 Å². The summed E-state index contributed by atoms with van der Waals surface area (Å²) in [6.45, 7) is 6.71. The number of amides is 1. The Morgan fingerprint density at radius 1 is 1.40 bits per heavy atom. The average Bonchev–Trinajstić information content (AvgIpc) is 3.08. The van der Waals surface area contributed by atoms with Gasteiger partial charge in [-0.2, -0.15) is 5.10 Å². The molecule has 6 heteroatoms. The third-order valence-corrected chi connectivity index (χ3v) is 4.31. The van der Waals surface area contributed by atoms with Crippen LogP contribution in [0.2, 0.25) is 0 Å². The van der Waals surface area contributed by atoms with Gasteiger partial charge in [-0.1, -0.05) is 0 Å². The number of aromatic nitrogens is 2. The van der Waals surface area contributed by atoms with Crippen LogP contribution >= 0.6 is 0 Å². The van der Waals surface area contributed by atoms with Gasteiger partial charge in [-0.05, 0) is 32.8 Å². The van der Waals surface area contributed by atoms with Crippen molar-refractivity contribution in [2.75, 3.05) is 26.3 Å². The van der Waals surface area contributed by atoms with E-state index in [0.29, 0.717) is 24.8 Å². The quantitative estimate of drug-likeness (QED) is 0.887. The Morgan fingerprint density at radius 3 is 2.60 bits per heavy atom. The molecule has 0 unspecified atom stereocenters. The van der Waals surface area contributed by atoms with Crippen LogP contribution in [0.25, 0.3) is 0 Å². The third-order valence-electron chi connectivity index (χ3n) is 4.31. The molecule has 2 aliphatic heterocycles. The van der Waals surface area contributed by atoms with Crippen LogP contribution in [0.5, 0.6) is 0 Å². The first-order valence-electron chi connectivity index (χ1n) is 7.18. The molecule has 1 N–H and O–H groups in total. The third kappa shape index (κ3) is 2.45. The molecule has 0 spiro atoms. The number of nitrogens with zero attached hydrogens (tertiary/aromatic N) is 2. The van der Waals surface area contributed by atoms with Crippen molar-refractivity contribution in [3.8, 4) is 0 Å². The molecule has 2 fully saturated rings. The smallest absolute Gasteiger partial charge is 0.274 e. The highest BCUT2D eigenvalue weighted by Gasteiger charge is 2.41. The van der Waals surface area contributed by atoms with Crippen LogP contribution in [0.15, 0.2) is 6.07 Å². The molecule has 0 radical (unpaired) electrons. The summed E-state index contributed by atoms with van der Waals surface area (Å²) in [6, 6.07) is 1.79. The number of hydrogen-bond acceptors (Lipinski definition) is 4. The Balaban J connectivity index is 1.59. The normalized spacial score (nSPS) is 23.2. The Bertz CT molecular complexity index is 486. The number of H-pyrrole nitrogens is 1. The summed E-state index contributed by atoms with van der Waals surface area (Å²) < 4.78 is 11.4. The van der Waals surface area contributed by atoms with Gasteiger partial charge in [-0.3, -0.25) is 9.89 Å². The maximum absolute atomic E-state index is 12.3. The number of carbonyl (C=O) groups excluding carboxylic acids is 1. The summed E-state index contributed by atoms with van der Waals surface area (Å²) in [5.41, 5.74) is 1.41. The van der Waals surface area contributed by atoms with Crippen molar-refractivity contribution in [3.63, 3.8) is 0 Å². The molecule has 6 nitrogen and oxygen atoms in total. The molecule has 3 rings (SSSR count). The summed E-state index contributed by atoms with van der Waals surface area (Å²) in [6.07, 6.45) is 1.82. The zero-order valence-corrected chi connectivity index (χ0v) is 12.0. The van der Waals surface area contributed by atoms with E-state index >= 15 is 0 Å². The number of carbonyl (C=O) groups is 1. The lowest BCUT2D eigenvalue weighted by Crippen LogP contribution is -2.46. The van der Waals surface area contributed by atoms with Gasteiger partial charge in [0.2, 0.25) is 0 Å². The summed E-state index contributed by atoms with van der Waals surface area (Å²) in [7, 11) is 0. The Kier molecular flexibility index (Phi) is 3.52. The predicted molar refractivity (Wildman–Crippen MR) is 72.3 cm³/mol. The van der Waals surface area contributed by atoms with Crippen molar-refractivity contribution in [3.05, 3.63) is 17.5 Å². The van der Waals surface area contributed by atoms with Crippen molar-refractivity contribution >= 4 is 5.91 Å². The highest BCUT2D eigenvalue weighted by molar-refractivity contribution is 5.92. The van der Waals surface area contributed by atoms with E-state index in [2.05, 4.69) is 10.2 Å². The van der Waals surface area contributed by atoms with Crippen LogP contribution in [0.3, 0.4) is 0 Å². The van der Waals surface area contributed by atoms with Crippen LogP contribution < -0.4 is 0 Å². The van der Waals surface area contributed by atoms with E-state index in [9.17, 15) is 4.79 Å². The minimum atomic E-state index is -0.460. The maximum Gasteiger partial charge on any atom is 0.274 e. The molecule has 0 aromatic carbocycles. The molecule has 1 aromatic heterocycles. The van der Waals surface area contributed by atoms with Gasteiger partial charge in [0.1, 0.15) is 5.69 Å². The van der Waals surface area contributed by atoms with Gasteiger partial charge in [0, 0.05) is 24.7 Å². The standard InChI is InChI=1S/C14H21N3O3/c1-10-9-12(16-15-10)13(18)17-5-3-11(4-6-17)14(2)19-7-8-20-14/h9,11H,3-8H2,1-2H3,(H,15,16). The lowest BCUT2D eigenvalue weighted by Gasteiger charge is -2.38. The number of aromatic amines is 1. The number of nitrogens with one attached hydrogen (secondary N) is 1. The van der Waals surface area contributed by atoms with Crippen molar-refractivity contribution in [2.45, 2.75) is 32.5 Å². The van der Waals surface area contributed by atoms with Gasteiger partial charge in [0.15, 0.2) is 5.79 Å². The van der Waals surface area contributed by atoms with Crippen LogP contribution in [0.4, 0.5) is 0 Å². The fraction of sp³-hybridized carbons (Fsp3) is 0.714. The van der Waals surface area contributed by atoms with Crippen LogP contribution in [0, 0.1) is 12.8 Å². The molecule has 1 aromatic rings. The van der Waals surface area contributed by atoms with E-state index in [1.807, 2.05) is 18.7 Å². The molecule has 20 heavy (non-hydrogen) atoms. The van der Waals surface area contributed by atoms with Gasteiger partial charge >= 0.3 is 0 Å². The number of hydrogen-bond donors (Lipinski definition) is 1. The van der Waals surface area contributed by atoms with E-state index in [4.69, 9.17) is 9.47 Å². The first-order valence-corrected chi connectivity index (χ1v) is 7.18. The second kappa shape index (κ2) is 5.18. The average molecular weight is 279 g/mol. The minimum Gasteiger partial charge on any atom is -0.348 e. The maximum atomic E-state index is 12.3. The molecule has 0 aliphatic carbocycles. The van der Waals surface area contributed by atoms with Gasteiger partial charge in [0.25, 0.3) is 5.91 Å². The Morgan fingerprint density at radius 2 is 2.05 bits per heavy atom. The van der Waals surface area contributed by atoms with E-state index in [-0.39, 0.29) is 5.91 Å². The Hall–Kier alpha value is -1.40. The van der Waals surface area contributed by atoms with Crippen molar-refractivity contribution in [1.82, 2.24) is 15.1 Å². The molecule has 110 valence electrons. The number of likely N-dealkylation sites (tertiary alicyclic amines) is 1. The van der Waals surface area contributed by atoms with Crippen molar-refractivity contribution < 1.29 is 14.3 Å². The molecule has 2 aliphatic rings. The topological polar surface area (TPSA) is 67.5 Å². The van der Waals surface area contributed by atoms with Gasteiger partial charge < -0.3 is 14.4 Å². The second-order valence-corrected chi connectivity index (χ2v) is 5.72. The van der Waals surface area contributed by atoms with E-state index < -0.39 is 5.79 Å². The largest absolute Gasteiger partial charge is 0.348 e.